The number of piperidine rings is 1. The highest BCUT2D eigenvalue weighted by Gasteiger charge is 2.19. The molecule has 0 amide bonds. The first kappa shape index (κ1) is 13.3. The molecule has 4 nitrogen and oxygen atoms in total. The van der Waals surface area contributed by atoms with Crippen molar-refractivity contribution in [3.8, 4) is 0 Å². The van der Waals surface area contributed by atoms with E-state index >= 15 is 0 Å². The van der Waals surface area contributed by atoms with E-state index in [1.54, 1.807) is 0 Å². The Bertz CT molecular complexity index is 367. The van der Waals surface area contributed by atoms with Crippen LogP contribution < -0.4 is 4.90 Å². The maximum Gasteiger partial charge on any atom is 0.0957 e. The van der Waals surface area contributed by atoms with Gasteiger partial charge in [0.15, 0.2) is 0 Å². The molecular weight excluding hydrogens is 228 g/mol. The summed E-state index contributed by atoms with van der Waals surface area (Å²) in [5, 5.41) is 18.9. The van der Waals surface area contributed by atoms with Crippen LogP contribution in [0.2, 0.25) is 0 Å². The van der Waals surface area contributed by atoms with Gasteiger partial charge in [-0.05, 0) is 37.3 Å². The highest BCUT2D eigenvalue weighted by atomic mass is 16.3. The molecule has 0 bridgehead atoms. The summed E-state index contributed by atoms with van der Waals surface area (Å²) in [5.41, 5.74) is 1.82. The third-order valence-electron chi connectivity index (χ3n) is 3.64. The number of pyridine rings is 1. The molecule has 1 saturated heterocycles. The van der Waals surface area contributed by atoms with Crippen LogP contribution >= 0.6 is 0 Å². The van der Waals surface area contributed by atoms with Gasteiger partial charge in [-0.3, -0.25) is 4.98 Å². The van der Waals surface area contributed by atoms with Crippen molar-refractivity contribution in [1.82, 2.24) is 4.98 Å². The van der Waals surface area contributed by atoms with Gasteiger partial charge in [0.2, 0.25) is 0 Å². The van der Waals surface area contributed by atoms with Gasteiger partial charge in [-0.15, -0.1) is 0 Å². The predicted molar refractivity (Wildman–Crippen MR) is 71.5 cm³/mol. The van der Waals surface area contributed by atoms with Gasteiger partial charge in [0, 0.05) is 19.7 Å². The van der Waals surface area contributed by atoms with Crippen LogP contribution in [0.4, 0.5) is 5.69 Å². The van der Waals surface area contributed by atoms with E-state index in [4.69, 9.17) is 0 Å². The first-order chi connectivity index (χ1) is 8.74. The molecule has 2 N–H and O–H groups in total. The predicted octanol–water partition coefficient (Wildman–Crippen LogP) is 1.73. The molecule has 1 aromatic heterocycles. The summed E-state index contributed by atoms with van der Waals surface area (Å²) in [6.45, 7) is 4.12. The Morgan fingerprint density at radius 2 is 2.33 bits per heavy atom. The van der Waals surface area contributed by atoms with Crippen molar-refractivity contribution in [3.63, 3.8) is 0 Å². The SMILES string of the molecule is CC[C@H](O)c1ccc(N2CCCC(CO)C2)cn1. The van der Waals surface area contributed by atoms with Crippen LogP contribution in [0.25, 0.3) is 0 Å². The number of rotatable bonds is 4. The lowest BCUT2D eigenvalue weighted by Gasteiger charge is -2.33. The van der Waals surface area contributed by atoms with E-state index in [9.17, 15) is 10.2 Å². The fourth-order valence-electron chi connectivity index (χ4n) is 2.44. The second-order valence-corrected chi connectivity index (χ2v) is 5.00. The Balaban J connectivity index is 2.04. The molecular formula is C14H22N2O2. The molecule has 0 saturated carbocycles. The molecule has 100 valence electrons. The topological polar surface area (TPSA) is 56.6 Å². The lowest BCUT2D eigenvalue weighted by molar-refractivity contribution is 0.169. The third kappa shape index (κ3) is 3.00. The molecule has 2 heterocycles. The lowest BCUT2D eigenvalue weighted by atomic mass is 9.99. The van der Waals surface area contributed by atoms with Crippen molar-refractivity contribution >= 4 is 5.69 Å². The van der Waals surface area contributed by atoms with E-state index in [2.05, 4.69) is 9.88 Å². The first-order valence-electron chi connectivity index (χ1n) is 6.74. The zero-order valence-corrected chi connectivity index (χ0v) is 10.9. The van der Waals surface area contributed by atoms with Gasteiger partial charge in [0.25, 0.3) is 0 Å². The smallest absolute Gasteiger partial charge is 0.0957 e. The minimum Gasteiger partial charge on any atom is -0.396 e. The van der Waals surface area contributed by atoms with Gasteiger partial charge in [0.1, 0.15) is 0 Å². The summed E-state index contributed by atoms with van der Waals surface area (Å²) < 4.78 is 0. The second kappa shape index (κ2) is 6.16. The Kier molecular flexibility index (Phi) is 4.55. The fraction of sp³-hybridized carbons (Fsp3) is 0.643. The molecule has 0 radical (unpaired) electrons. The van der Waals surface area contributed by atoms with E-state index in [-0.39, 0.29) is 6.61 Å². The zero-order valence-electron chi connectivity index (χ0n) is 10.9. The standard InChI is InChI=1S/C14H22N2O2/c1-2-14(18)13-6-5-12(8-15-13)16-7-3-4-11(9-16)10-17/h5-6,8,11,14,17-18H,2-4,7,9-10H2,1H3/t11?,14-/m0/s1. The highest BCUT2D eigenvalue weighted by Crippen LogP contribution is 2.23. The molecule has 4 heteroatoms. The Morgan fingerprint density at radius 1 is 1.50 bits per heavy atom. The molecule has 0 aromatic carbocycles. The molecule has 2 atom stereocenters. The van der Waals surface area contributed by atoms with Crippen LogP contribution in [0.1, 0.15) is 38.0 Å². The lowest BCUT2D eigenvalue weighted by Crippen LogP contribution is -2.36. The van der Waals surface area contributed by atoms with E-state index in [0.717, 1.165) is 37.3 Å². The quantitative estimate of drug-likeness (QED) is 0.854. The summed E-state index contributed by atoms with van der Waals surface area (Å²) in [7, 11) is 0. The molecule has 0 spiro atoms. The largest absolute Gasteiger partial charge is 0.396 e. The summed E-state index contributed by atoms with van der Waals surface area (Å²) in [4.78, 5) is 6.58. The number of aliphatic hydroxyl groups is 2. The number of aliphatic hydroxyl groups excluding tert-OH is 2. The van der Waals surface area contributed by atoms with E-state index in [0.29, 0.717) is 12.3 Å². The summed E-state index contributed by atoms with van der Waals surface area (Å²) in [5.74, 6) is 0.375. The van der Waals surface area contributed by atoms with Crippen LogP contribution in [0.5, 0.6) is 0 Å². The third-order valence-corrected chi connectivity index (χ3v) is 3.64. The molecule has 1 aliphatic rings. The number of anilines is 1. The number of nitrogens with zero attached hydrogens (tertiary/aromatic N) is 2. The van der Waals surface area contributed by atoms with Crippen LogP contribution in [0.3, 0.4) is 0 Å². The minimum absolute atomic E-state index is 0.260. The first-order valence-corrected chi connectivity index (χ1v) is 6.74. The normalized spacial score (nSPS) is 21.9. The average Bonchev–Trinajstić information content (AvgIpc) is 2.46. The molecule has 18 heavy (non-hydrogen) atoms. The zero-order chi connectivity index (χ0) is 13.0. The fourth-order valence-corrected chi connectivity index (χ4v) is 2.44. The Labute approximate surface area is 108 Å². The van der Waals surface area contributed by atoms with Crippen molar-refractivity contribution in [2.75, 3.05) is 24.6 Å². The maximum atomic E-state index is 9.70. The van der Waals surface area contributed by atoms with E-state index in [1.807, 2.05) is 25.3 Å². The van der Waals surface area contributed by atoms with Gasteiger partial charge < -0.3 is 15.1 Å². The van der Waals surface area contributed by atoms with Gasteiger partial charge >= 0.3 is 0 Å². The molecule has 1 aliphatic heterocycles. The van der Waals surface area contributed by atoms with Gasteiger partial charge in [-0.2, -0.15) is 0 Å². The van der Waals surface area contributed by atoms with Crippen LogP contribution in [0.15, 0.2) is 18.3 Å². The van der Waals surface area contributed by atoms with Gasteiger partial charge in [-0.1, -0.05) is 6.92 Å². The second-order valence-electron chi connectivity index (χ2n) is 5.00. The minimum atomic E-state index is -0.467. The van der Waals surface area contributed by atoms with Crippen LogP contribution in [0, 0.1) is 5.92 Å². The van der Waals surface area contributed by atoms with Crippen LogP contribution in [-0.4, -0.2) is 34.9 Å². The summed E-state index contributed by atoms with van der Waals surface area (Å²) in [6.07, 6.45) is 4.26. The molecule has 1 aromatic rings. The number of aromatic nitrogens is 1. The van der Waals surface area contributed by atoms with Gasteiger partial charge in [0.05, 0.1) is 23.7 Å². The molecule has 1 unspecified atom stereocenters. The molecule has 1 fully saturated rings. The van der Waals surface area contributed by atoms with Gasteiger partial charge in [-0.25, -0.2) is 0 Å². The maximum absolute atomic E-state index is 9.70. The number of hydrogen-bond donors (Lipinski definition) is 2. The molecule has 0 aliphatic carbocycles. The highest BCUT2D eigenvalue weighted by molar-refractivity contribution is 5.45. The van der Waals surface area contributed by atoms with Crippen molar-refractivity contribution < 1.29 is 10.2 Å². The molecule has 2 rings (SSSR count). The number of hydrogen-bond acceptors (Lipinski definition) is 4. The average molecular weight is 250 g/mol. The van der Waals surface area contributed by atoms with Crippen molar-refractivity contribution in [2.24, 2.45) is 5.92 Å². The van der Waals surface area contributed by atoms with E-state index < -0.39 is 6.10 Å². The Morgan fingerprint density at radius 3 is 2.94 bits per heavy atom. The van der Waals surface area contributed by atoms with Crippen molar-refractivity contribution in [1.29, 1.82) is 0 Å². The monoisotopic (exact) mass is 250 g/mol. The van der Waals surface area contributed by atoms with E-state index in [1.165, 1.54) is 0 Å². The summed E-state index contributed by atoms with van der Waals surface area (Å²) >= 11 is 0. The van der Waals surface area contributed by atoms with Crippen LogP contribution in [-0.2, 0) is 0 Å². The van der Waals surface area contributed by atoms with Crippen molar-refractivity contribution in [2.45, 2.75) is 32.3 Å². The summed E-state index contributed by atoms with van der Waals surface area (Å²) in [6, 6.07) is 3.91. The Hall–Kier alpha value is -1.13. The van der Waals surface area contributed by atoms with Crippen molar-refractivity contribution in [3.05, 3.63) is 24.0 Å².